The molecule has 0 spiro atoms. The van der Waals surface area contributed by atoms with Crippen LogP contribution in [0.15, 0.2) is 11.6 Å². The summed E-state index contributed by atoms with van der Waals surface area (Å²) in [5, 5.41) is 10.5. The van der Waals surface area contributed by atoms with Crippen LogP contribution in [-0.2, 0) is 0 Å². The van der Waals surface area contributed by atoms with E-state index in [1.807, 2.05) is 5.57 Å². The molecule has 0 amide bonds. The van der Waals surface area contributed by atoms with Crippen molar-refractivity contribution in [2.45, 2.75) is 112 Å². The summed E-state index contributed by atoms with van der Waals surface area (Å²) in [6.07, 6.45) is 14.7. The van der Waals surface area contributed by atoms with E-state index >= 15 is 0 Å². The first-order valence-corrected chi connectivity index (χ1v) is 13.5. The van der Waals surface area contributed by atoms with Gasteiger partial charge in [-0.1, -0.05) is 73.0 Å². The molecule has 0 aliphatic heterocycles. The largest absolute Gasteiger partial charge is 0.393 e. The Hall–Kier alpha value is -0.300. The van der Waals surface area contributed by atoms with Gasteiger partial charge in [0.05, 0.1) is 6.10 Å². The number of allylic oxidation sites excluding steroid dienone is 2. The Morgan fingerprint density at radius 3 is 2.30 bits per heavy atom. The minimum absolute atomic E-state index is 0.0724. The number of hydrogen-bond donors (Lipinski definition) is 1. The van der Waals surface area contributed by atoms with E-state index in [1.54, 1.807) is 0 Å². The number of aliphatic hydroxyl groups is 1. The second-order valence-corrected chi connectivity index (χ2v) is 13.1. The third-order valence-electron chi connectivity index (χ3n) is 11.6. The van der Waals surface area contributed by atoms with E-state index in [9.17, 15) is 5.11 Å². The Morgan fingerprint density at radius 1 is 0.933 bits per heavy atom. The predicted octanol–water partition coefficient (Wildman–Crippen LogP) is 7.88. The lowest BCUT2D eigenvalue weighted by molar-refractivity contribution is -0.0774. The van der Waals surface area contributed by atoms with Crippen LogP contribution in [0.4, 0.5) is 0 Å². The first kappa shape index (κ1) is 22.9. The zero-order valence-corrected chi connectivity index (χ0v) is 21.1. The maximum absolute atomic E-state index is 10.5. The summed E-state index contributed by atoms with van der Waals surface area (Å²) in [6.45, 7) is 17.4. The number of rotatable bonds is 5. The summed E-state index contributed by atoms with van der Waals surface area (Å²) in [5.74, 6) is 6.25. The standard InChI is InChI=1S/C29H50O/c1-18(2)19(3)8-9-20(4)23-12-13-25-22-10-11-24-21(5)27(30)15-17-29(24,7)26(22)14-16-28(23,25)6/h10,18-21,23-27,30H,8-9,11-17H2,1-7H3/t19-,20-,21+,23-,24+,25+,26-,27+,28+,29-/m1/s1. The number of aliphatic hydroxyl groups excluding tert-OH is 1. The molecule has 0 aromatic heterocycles. The van der Waals surface area contributed by atoms with Gasteiger partial charge in [-0.05, 0) is 103 Å². The number of fused-ring (bicyclic) bond motifs is 5. The lowest BCUT2D eigenvalue weighted by Crippen LogP contribution is -2.52. The van der Waals surface area contributed by atoms with Crippen LogP contribution in [0.3, 0.4) is 0 Å². The highest BCUT2D eigenvalue weighted by Gasteiger charge is 2.59. The van der Waals surface area contributed by atoms with Gasteiger partial charge in [-0.3, -0.25) is 0 Å². The van der Waals surface area contributed by atoms with Gasteiger partial charge in [0, 0.05) is 0 Å². The van der Waals surface area contributed by atoms with E-state index < -0.39 is 0 Å². The Kier molecular flexibility index (Phi) is 6.28. The molecule has 0 saturated heterocycles. The smallest absolute Gasteiger partial charge is 0.0568 e. The molecular weight excluding hydrogens is 364 g/mol. The normalized spacial score (nSPS) is 47.8. The summed E-state index contributed by atoms with van der Waals surface area (Å²) in [6, 6.07) is 0. The SMILES string of the molecule is CC(C)[C@H](C)CC[C@@H](C)[C@H]1CC[C@H]2C3=CC[C@H]4[C@H](C)[C@@H](O)CC[C@@]4(C)[C@@H]3CC[C@@]12C. The molecule has 4 aliphatic rings. The molecule has 4 aliphatic carbocycles. The zero-order chi connectivity index (χ0) is 21.8. The lowest BCUT2D eigenvalue weighted by atomic mass is 9.46. The van der Waals surface area contributed by atoms with E-state index in [1.165, 1.54) is 51.4 Å². The first-order valence-electron chi connectivity index (χ1n) is 13.5. The van der Waals surface area contributed by atoms with Crippen molar-refractivity contribution in [1.82, 2.24) is 0 Å². The average Bonchev–Trinajstić information content (AvgIpc) is 3.06. The molecule has 1 heteroatoms. The van der Waals surface area contributed by atoms with Crippen molar-refractivity contribution >= 4 is 0 Å². The summed E-state index contributed by atoms with van der Waals surface area (Å²) in [7, 11) is 0. The topological polar surface area (TPSA) is 20.2 Å². The first-order chi connectivity index (χ1) is 14.1. The van der Waals surface area contributed by atoms with Gasteiger partial charge in [0.1, 0.15) is 0 Å². The monoisotopic (exact) mass is 414 g/mol. The summed E-state index contributed by atoms with van der Waals surface area (Å²) < 4.78 is 0. The van der Waals surface area contributed by atoms with Gasteiger partial charge in [0.25, 0.3) is 0 Å². The Balaban J connectivity index is 1.51. The van der Waals surface area contributed by atoms with Gasteiger partial charge >= 0.3 is 0 Å². The third-order valence-corrected chi connectivity index (χ3v) is 11.6. The van der Waals surface area contributed by atoms with Crippen molar-refractivity contribution in [3.8, 4) is 0 Å². The van der Waals surface area contributed by atoms with E-state index in [0.29, 0.717) is 22.7 Å². The van der Waals surface area contributed by atoms with Crippen LogP contribution in [0.1, 0.15) is 106 Å². The zero-order valence-electron chi connectivity index (χ0n) is 21.1. The van der Waals surface area contributed by atoms with Crippen molar-refractivity contribution in [3.63, 3.8) is 0 Å². The molecule has 1 N–H and O–H groups in total. The van der Waals surface area contributed by atoms with Crippen molar-refractivity contribution in [2.75, 3.05) is 0 Å². The highest BCUT2D eigenvalue weighted by Crippen LogP contribution is 2.67. The lowest BCUT2D eigenvalue weighted by Gasteiger charge is -2.59. The number of hydrogen-bond acceptors (Lipinski definition) is 1. The van der Waals surface area contributed by atoms with E-state index in [2.05, 4.69) is 54.5 Å². The molecule has 10 atom stereocenters. The molecule has 0 unspecified atom stereocenters. The van der Waals surface area contributed by atoms with Crippen molar-refractivity contribution in [1.29, 1.82) is 0 Å². The summed E-state index contributed by atoms with van der Waals surface area (Å²) >= 11 is 0. The highest BCUT2D eigenvalue weighted by atomic mass is 16.3. The van der Waals surface area contributed by atoms with Crippen LogP contribution in [0.5, 0.6) is 0 Å². The molecule has 3 saturated carbocycles. The third kappa shape index (κ3) is 3.54. The predicted molar refractivity (Wildman–Crippen MR) is 128 cm³/mol. The van der Waals surface area contributed by atoms with Crippen molar-refractivity contribution < 1.29 is 5.11 Å². The van der Waals surface area contributed by atoms with Gasteiger partial charge in [0.15, 0.2) is 0 Å². The second kappa shape index (κ2) is 8.24. The molecule has 0 radical (unpaired) electrons. The fraction of sp³-hybridized carbons (Fsp3) is 0.931. The van der Waals surface area contributed by atoms with Crippen LogP contribution in [0, 0.1) is 58.2 Å². The van der Waals surface area contributed by atoms with Crippen LogP contribution in [-0.4, -0.2) is 11.2 Å². The van der Waals surface area contributed by atoms with E-state index in [-0.39, 0.29) is 6.10 Å². The molecule has 0 bridgehead atoms. The minimum Gasteiger partial charge on any atom is -0.393 e. The van der Waals surface area contributed by atoms with Gasteiger partial charge in [-0.15, -0.1) is 0 Å². The molecule has 4 rings (SSSR count). The van der Waals surface area contributed by atoms with Crippen molar-refractivity contribution in [2.24, 2.45) is 58.2 Å². The summed E-state index contributed by atoms with van der Waals surface area (Å²) in [4.78, 5) is 0. The van der Waals surface area contributed by atoms with Gasteiger partial charge in [-0.25, -0.2) is 0 Å². The molecule has 3 fully saturated rings. The molecule has 0 aromatic carbocycles. The van der Waals surface area contributed by atoms with Gasteiger partial charge < -0.3 is 5.11 Å². The van der Waals surface area contributed by atoms with E-state index in [4.69, 9.17) is 0 Å². The van der Waals surface area contributed by atoms with Crippen LogP contribution in [0.25, 0.3) is 0 Å². The van der Waals surface area contributed by atoms with Crippen LogP contribution in [0.2, 0.25) is 0 Å². The van der Waals surface area contributed by atoms with Crippen LogP contribution >= 0.6 is 0 Å². The molecule has 172 valence electrons. The minimum atomic E-state index is -0.0724. The highest BCUT2D eigenvalue weighted by molar-refractivity contribution is 5.28. The Bertz CT molecular complexity index is 649. The molecular formula is C29H50O. The Labute approximate surface area is 187 Å². The summed E-state index contributed by atoms with van der Waals surface area (Å²) in [5.41, 5.74) is 2.84. The quantitative estimate of drug-likeness (QED) is 0.454. The molecule has 0 aromatic rings. The second-order valence-electron chi connectivity index (χ2n) is 13.1. The maximum Gasteiger partial charge on any atom is 0.0568 e. The maximum atomic E-state index is 10.5. The average molecular weight is 415 g/mol. The molecule has 1 nitrogen and oxygen atoms in total. The van der Waals surface area contributed by atoms with Gasteiger partial charge in [-0.2, -0.15) is 0 Å². The fourth-order valence-electron chi connectivity index (χ4n) is 8.98. The van der Waals surface area contributed by atoms with Crippen molar-refractivity contribution in [3.05, 3.63) is 11.6 Å². The Morgan fingerprint density at radius 2 is 1.60 bits per heavy atom. The van der Waals surface area contributed by atoms with Crippen LogP contribution < -0.4 is 0 Å². The fourth-order valence-corrected chi connectivity index (χ4v) is 8.98. The van der Waals surface area contributed by atoms with Gasteiger partial charge in [0.2, 0.25) is 0 Å². The van der Waals surface area contributed by atoms with E-state index in [0.717, 1.165) is 41.9 Å². The molecule has 30 heavy (non-hydrogen) atoms. The molecule has 0 heterocycles.